The van der Waals surface area contributed by atoms with E-state index in [1.54, 1.807) is 20.2 Å². The van der Waals surface area contributed by atoms with Crippen LogP contribution in [0.15, 0.2) is 10.6 Å². The zero-order valence-electron chi connectivity index (χ0n) is 8.60. The van der Waals surface area contributed by atoms with E-state index in [4.69, 9.17) is 9.26 Å². The number of carbonyl (C=O) groups excluding carboxylic acids is 2. The number of nitrogens with zero attached hydrogens (tertiary/aromatic N) is 2. The molecule has 0 spiro atoms. The molecule has 0 aliphatic carbocycles. The van der Waals surface area contributed by atoms with E-state index in [0.717, 1.165) is 6.29 Å². The Bertz CT molecular complexity index is 346. The summed E-state index contributed by atoms with van der Waals surface area (Å²) in [6.07, 6.45) is 0.474. The highest BCUT2D eigenvalue weighted by atomic mass is 16.6. The van der Waals surface area contributed by atoms with E-state index in [1.165, 1.54) is 4.90 Å². The summed E-state index contributed by atoms with van der Waals surface area (Å²) in [6.45, 7) is 0.0167. The average Bonchev–Trinajstić information content (AvgIpc) is 2.62. The fourth-order valence-electron chi connectivity index (χ4n) is 0.867. The van der Waals surface area contributed by atoms with Crippen LogP contribution in [-0.2, 0) is 22.6 Å². The van der Waals surface area contributed by atoms with Crippen LogP contribution in [0.3, 0.4) is 0 Å². The summed E-state index contributed by atoms with van der Waals surface area (Å²) in [4.78, 5) is 22.5. The molecule has 0 saturated heterocycles. The molecule has 0 fully saturated rings. The summed E-state index contributed by atoms with van der Waals surface area (Å²) in [6, 6.07) is 1.58. The van der Waals surface area contributed by atoms with Crippen LogP contribution < -0.4 is 0 Å². The molecule has 1 aromatic heterocycles. The number of hydrogen-bond donors (Lipinski definition) is 0. The van der Waals surface area contributed by atoms with Gasteiger partial charge in [0.15, 0.2) is 12.4 Å². The third-order valence-electron chi connectivity index (χ3n) is 1.60. The minimum Gasteiger partial charge on any atom is -0.441 e. The molecule has 0 aromatic carbocycles. The van der Waals surface area contributed by atoms with Gasteiger partial charge in [0.05, 0.1) is 5.69 Å². The Hall–Kier alpha value is -1.85. The second-order valence-corrected chi connectivity index (χ2v) is 3.10. The molecule has 6 nitrogen and oxygen atoms in total. The molecular formula is C9H12N2O4. The van der Waals surface area contributed by atoms with Crippen LogP contribution in [0.4, 0.5) is 4.79 Å². The highest BCUT2D eigenvalue weighted by Crippen LogP contribution is 2.05. The lowest BCUT2D eigenvalue weighted by Crippen LogP contribution is -2.22. The molecular weight excluding hydrogens is 200 g/mol. The van der Waals surface area contributed by atoms with Gasteiger partial charge in [-0.2, -0.15) is 0 Å². The molecule has 6 heteroatoms. The summed E-state index contributed by atoms with van der Waals surface area (Å²) in [5.74, 6) is 0.419. The minimum atomic E-state index is -0.455. The molecule has 82 valence electrons. The first-order valence-corrected chi connectivity index (χ1v) is 4.35. The number of rotatable bonds is 4. The molecule has 0 saturated carbocycles. The SMILES string of the molecule is CN(C)C(=O)OCc1cc(CC=O)no1. The number of hydrogen-bond acceptors (Lipinski definition) is 5. The second kappa shape index (κ2) is 5.14. The van der Waals surface area contributed by atoms with E-state index < -0.39 is 6.09 Å². The number of aromatic nitrogens is 1. The molecule has 1 amide bonds. The second-order valence-electron chi connectivity index (χ2n) is 3.10. The summed E-state index contributed by atoms with van der Waals surface area (Å²) >= 11 is 0. The molecule has 0 atom stereocenters. The maximum atomic E-state index is 11.0. The molecule has 0 bridgehead atoms. The first-order valence-electron chi connectivity index (χ1n) is 4.35. The van der Waals surface area contributed by atoms with Crippen molar-refractivity contribution in [3.63, 3.8) is 0 Å². The third kappa shape index (κ3) is 3.41. The predicted molar refractivity (Wildman–Crippen MR) is 50.1 cm³/mol. The molecule has 0 aliphatic rings. The molecule has 0 radical (unpaired) electrons. The lowest BCUT2D eigenvalue weighted by atomic mass is 10.3. The van der Waals surface area contributed by atoms with Crippen LogP contribution in [-0.4, -0.2) is 36.5 Å². The molecule has 0 unspecified atom stereocenters. The van der Waals surface area contributed by atoms with Gasteiger partial charge in [-0.05, 0) is 0 Å². The number of aldehydes is 1. The Morgan fingerprint density at radius 2 is 2.40 bits per heavy atom. The summed E-state index contributed by atoms with van der Waals surface area (Å²) in [5, 5.41) is 3.62. The fourth-order valence-corrected chi connectivity index (χ4v) is 0.867. The van der Waals surface area contributed by atoms with Crippen molar-refractivity contribution in [1.82, 2.24) is 10.1 Å². The first-order chi connectivity index (χ1) is 7.13. The Kier molecular flexibility index (Phi) is 3.84. The van der Waals surface area contributed by atoms with Crippen LogP contribution in [0, 0.1) is 0 Å². The summed E-state index contributed by atoms with van der Waals surface area (Å²) in [5.41, 5.74) is 0.529. The highest BCUT2D eigenvalue weighted by Gasteiger charge is 2.08. The molecule has 1 heterocycles. The summed E-state index contributed by atoms with van der Waals surface area (Å²) < 4.78 is 9.69. The standard InChI is InChI=1S/C9H12N2O4/c1-11(2)9(13)14-6-8-5-7(3-4-12)10-15-8/h4-5H,3,6H2,1-2H3. The maximum Gasteiger partial charge on any atom is 0.409 e. The lowest BCUT2D eigenvalue weighted by molar-refractivity contribution is -0.107. The van der Waals surface area contributed by atoms with Crippen molar-refractivity contribution in [3.05, 3.63) is 17.5 Å². The van der Waals surface area contributed by atoms with Crippen LogP contribution >= 0.6 is 0 Å². The van der Waals surface area contributed by atoms with E-state index in [0.29, 0.717) is 11.5 Å². The number of ether oxygens (including phenoxy) is 1. The van der Waals surface area contributed by atoms with Crippen molar-refractivity contribution in [2.24, 2.45) is 0 Å². The smallest absolute Gasteiger partial charge is 0.409 e. The van der Waals surface area contributed by atoms with Gasteiger partial charge < -0.3 is 19.0 Å². The Morgan fingerprint density at radius 3 is 3.00 bits per heavy atom. The van der Waals surface area contributed by atoms with Crippen molar-refractivity contribution in [1.29, 1.82) is 0 Å². The van der Waals surface area contributed by atoms with Gasteiger partial charge in [0.1, 0.15) is 6.29 Å². The maximum absolute atomic E-state index is 11.0. The van der Waals surface area contributed by atoms with Gasteiger partial charge in [-0.3, -0.25) is 0 Å². The average molecular weight is 212 g/mol. The topological polar surface area (TPSA) is 72.6 Å². The first kappa shape index (κ1) is 11.2. The van der Waals surface area contributed by atoms with Crippen LogP contribution in [0.1, 0.15) is 11.5 Å². The zero-order chi connectivity index (χ0) is 11.3. The van der Waals surface area contributed by atoms with Gasteiger partial charge in [0, 0.05) is 26.6 Å². The predicted octanol–water partition coefficient (Wildman–Crippen LogP) is 0.614. The highest BCUT2D eigenvalue weighted by molar-refractivity contribution is 5.66. The fraction of sp³-hybridized carbons (Fsp3) is 0.444. The van der Waals surface area contributed by atoms with Crippen molar-refractivity contribution in [3.8, 4) is 0 Å². The third-order valence-corrected chi connectivity index (χ3v) is 1.60. The lowest BCUT2D eigenvalue weighted by Gasteiger charge is -2.08. The van der Waals surface area contributed by atoms with Crippen molar-refractivity contribution in [2.45, 2.75) is 13.0 Å². The molecule has 1 aromatic rings. The van der Waals surface area contributed by atoms with E-state index in [1.807, 2.05) is 0 Å². The van der Waals surface area contributed by atoms with Gasteiger partial charge in [-0.1, -0.05) is 5.16 Å². The summed E-state index contributed by atoms with van der Waals surface area (Å²) in [7, 11) is 3.17. The molecule has 1 rings (SSSR count). The van der Waals surface area contributed by atoms with Crippen molar-refractivity contribution in [2.75, 3.05) is 14.1 Å². The quantitative estimate of drug-likeness (QED) is 0.684. The number of carbonyl (C=O) groups is 2. The van der Waals surface area contributed by atoms with Crippen LogP contribution in [0.5, 0.6) is 0 Å². The number of amides is 1. The minimum absolute atomic E-state index is 0.0167. The van der Waals surface area contributed by atoms with Crippen LogP contribution in [0.25, 0.3) is 0 Å². The van der Waals surface area contributed by atoms with E-state index >= 15 is 0 Å². The molecule has 0 aliphatic heterocycles. The van der Waals surface area contributed by atoms with Crippen molar-refractivity contribution >= 4 is 12.4 Å². The zero-order valence-corrected chi connectivity index (χ0v) is 8.60. The van der Waals surface area contributed by atoms with E-state index in [2.05, 4.69) is 5.16 Å². The van der Waals surface area contributed by atoms with E-state index in [-0.39, 0.29) is 13.0 Å². The Balaban J connectivity index is 2.44. The van der Waals surface area contributed by atoms with Gasteiger partial charge in [0.25, 0.3) is 0 Å². The van der Waals surface area contributed by atoms with Crippen LogP contribution in [0.2, 0.25) is 0 Å². The van der Waals surface area contributed by atoms with E-state index in [9.17, 15) is 9.59 Å². The largest absolute Gasteiger partial charge is 0.441 e. The van der Waals surface area contributed by atoms with Gasteiger partial charge in [-0.25, -0.2) is 4.79 Å². The monoisotopic (exact) mass is 212 g/mol. The Morgan fingerprint density at radius 1 is 1.67 bits per heavy atom. The molecule has 15 heavy (non-hydrogen) atoms. The Labute approximate surface area is 86.8 Å². The van der Waals surface area contributed by atoms with Crippen molar-refractivity contribution < 1.29 is 18.8 Å². The normalized spacial score (nSPS) is 9.73. The van der Waals surface area contributed by atoms with Gasteiger partial charge in [-0.15, -0.1) is 0 Å². The van der Waals surface area contributed by atoms with Gasteiger partial charge >= 0.3 is 6.09 Å². The van der Waals surface area contributed by atoms with Gasteiger partial charge in [0.2, 0.25) is 0 Å². The molecule has 0 N–H and O–H groups in total.